The van der Waals surface area contributed by atoms with E-state index in [0.29, 0.717) is 17.3 Å². The summed E-state index contributed by atoms with van der Waals surface area (Å²) in [5.74, 6) is -0.412. The van der Waals surface area contributed by atoms with Crippen LogP contribution in [0.1, 0.15) is 30.9 Å². The van der Waals surface area contributed by atoms with Gasteiger partial charge in [-0.15, -0.1) is 5.10 Å². The number of nitro groups is 1. The first-order valence-corrected chi connectivity index (χ1v) is 9.16. The van der Waals surface area contributed by atoms with Crippen LogP contribution in [0.5, 0.6) is 0 Å². The molecule has 0 spiro atoms. The minimum atomic E-state index is -0.523. The number of amides is 1. The Kier molecular flexibility index (Phi) is 6.56. The molecular weight excluding hydrogens is 358 g/mol. The summed E-state index contributed by atoms with van der Waals surface area (Å²) in [6.45, 7) is 6.08. The molecule has 0 aliphatic heterocycles. The van der Waals surface area contributed by atoms with Crippen LogP contribution in [-0.2, 0) is 11.3 Å². The van der Waals surface area contributed by atoms with E-state index >= 15 is 0 Å². The molecule has 0 saturated carbocycles. The first-order valence-electron chi connectivity index (χ1n) is 8.17. The highest BCUT2D eigenvalue weighted by Gasteiger charge is 2.20. The van der Waals surface area contributed by atoms with Crippen molar-refractivity contribution in [3.8, 4) is 0 Å². The van der Waals surface area contributed by atoms with Gasteiger partial charge in [0.1, 0.15) is 5.69 Å². The monoisotopic (exact) mass is 379 g/mol. The number of anilines is 1. The predicted octanol–water partition coefficient (Wildman–Crippen LogP) is 2.63. The molecule has 10 heteroatoms. The number of unbranched alkanes of at least 4 members (excludes halogenated alkanes) is 1. The number of H-pyrrole nitrogens is 1. The second-order valence-electron chi connectivity index (χ2n) is 5.81. The highest BCUT2D eigenvalue weighted by molar-refractivity contribution is 7.99. The normalized spacial score (nSPS) is 10.7. The first-order chi connectivity index (χ1) is 12.3. The van der Waals surface area contributed by atoms with Crippen molar-refractivity contribution >= 4 is 29.0 Å². The number of hydrogen-bond donors (Lipinski definition) is 2. The molecule has 0 saturated heterocycles. The van der Waals surface area contributed by atoms with Gasteiger partial charge in [-0.25, -0.2) is 9.89 Å². The van der Waals surface area contributed by atoms with Crippen molar-refractivity contribution in [3.63, 3.8) is 0 Å². The quantitative estimate of drug-likeness (QED) is 0.413. The Balaban J connectivity index is 2.10. The van der Waals surface area contributed by atoms with E-state index in [0.717, 1.165) is 30.2 Å². The zero-order chi connectivity index (χ0) is 19.3. The summed E-state index contributed by atoms with van der Waals surface area (Å²) in [5, 5.41) is 20.5. The lowest BCUT2D eigenvalue weighted by atomic mass is 10.1. The molecule has 0 radical (unpaired) electrons. The average molecular weight is 379 g/mol. The number of carbonyl (C=O) groups is 1. The van der Waals surface area contributed by atoms with Gasteiger partial charge < -0.3 is 5.32 Å². The van der Waals surface area contributed by atoms with E-state index in [9.17, 15) is 19.7 Å². The lowest BCUT2D eigenvalue weighted by Gasteiger charge is -2.11. The van der Waals surface area contributed by atoms with Gasteiger partial charge in [0.2, 0.25) is 5.91 Å². The fourth-order valence-corrected chi connectivity index (χ4v) is 3.12. The minimum absolute atomic E-state index is 0.0129. The Hall–Kier alpha value is -2.62. The van der Waals surface area contributed by atoms with Crippen molar-refractivity contribution in [1.29, 1.82) is 0 Å². The van der Waals surface area contributed by atoms with Gasteiger partial charge in [0, 0.05) is 12.6 Å². The Morgan fingerprint density at radius 1 is 1.42 bits per heavy atom. The molecule has 2 rings (SSSR count). The highest BCUT2D eigenvalue weighted by Crippen LogP contribution is 2.30. The summed E-state index contributed by atoms with van der Waals surface area (Å²) in [6, 6.07) is 3.02. The number of nitrogens with one attached hydrogen (secondary N) is 2. The number of rotatable bonds is 8. The van der Waals surface area contributed by atoms with Gasteiger partial charge in [-0.3, -0.25) is 19.5 Å². The fraction of sp³-hybridized carbons (Fsp3) is 0.438. The van der Waals surface area contributed by atoms with E-state index < -0.39 is 10.8 Å². The van der Waals surface area contributed by atoms with Crippen LogP contribution >= 0.6 is 11.8 Å². The van der Waals surface area contributed by atoms with E-state index in [1.54, 1.807) is 13.0 Å². The fourth-order valence-electron chi connectivity index (χ4n) is 2.34. The van der Waals surface area contributed by atoms with Crippen molar-refractivity contribution in [3.05, 3.63) is 43.9 Å². The topological polar surface area (TPSA) is 123 Å². The standard InChI is InChI=1S/C16H21N5O4S/c1-4-5-8-20-15(23)18-19-16(20)26-9-13(22)17-14-11(3)10(2)6-7-12(14)21(24)25/h6-7H,4-5,8-9H2,1-3H3,(H,17,22)(H,18,23). The largest absolute Gasteiger partial charge is 0.343 e. The van der Waals surface area contributed by atoms with Crippen LogP contribution < -0.4 is 11.0 Å². The number of nitro benzene ring substituents is 1. The molecule has 0 aliphatic carbocycles. The summed E-state index contributed by atoms with van der Waals surface area (Å²) in [5.41, 5.74) is 1.24. The zero-order valence-corrected chi connectivity index (χ0v) is 15.7. The summed E-state index contributed by atoms with van der Waals surface area (Å²) in [4.78, 5) is 34.7. The summed E-state index contributed by atoms with van der Waals surface area (Å²) >= 11 is 1.11. The van der Waals surface area contributed by atoms with Crippen LogP contribution in [0.15, 0.2) is 22.1 Å². The number of thioether (sulfide) groups is 1. The number of aromatic nitrogens is 3. The van der Waals surface area contributed by atoms with Gasteiger partial charge in [-0.2, -0.15) is 0 Å². The van der Waals surface area contributed by atoms with Crippen LogP contribution in [0.3, 0.4) is 0 Å². The van der Waals surface area contributed by atoms with Gasteiger partial charge in [-0.05, 0) is 31.4 Å². The molecule has 0 aliphatic rings. The molecule has 1 heterocycles. The van der Waals surface area contributed by atoms with Crippen LogP contribution in [0.4, 0.5) is 11.4 Å². The first kappa shape index (κ1) is 19.7. The van der Waals surface area contributed by atoms with Crippen LogP contribution in [0.25, 0.3) is 0 Å². The summed E-state index contributed by atoms with van der Waals surface area (Å²) in [6.07, 6.45) is 1.76. The molecule has 0 unspecified atom stereocenters. The Labute approximate surface area is 154 Å². The smallest absolute Gasteiger partial charge is 0.319 e. The zero-order valence-electron chi connectivity index (χ0n) is 14.9. The molecule has 140 valence electrons. The molecule has 1 aromatic heterocycles. The molecule has 0 bridgehead atoms. The number of nitrogens with zero attached hydrogens (tertiary/aromatic N) is 3. The maximum absolute atomic E-state index is 12.3. The lowest BCUT2D eigenvalue weighted by Crippen LogP contribution is -2.19. The summed E-state index contributed by atoms with van der Waals surface area (Å²) in [7, 11) is 0. The van der Waals surface area contributed by atoms with E-state index in [4.69, 9.17) is 0 Å². The van der Waals surface area contributed by atoms with Crippen LogP contribution in [0, 0.1) is 24.0 Å². The third-order valence-corrected chi connectivity index (χ3v) is 4.94. The lowest BCUT2D eigenvalue weighted by molar-refractivity contribution is -0.384. The molecule has 0 fully saturated rings. The number of benzene rings is 1. The third-order valence-electron chi connectivity index (χ3n) is 3.97. The van der Waals surface area contributed by atoms with Gasteiger partial charge in [0.15, 0.2) is 5.16 Å². The highest BCUT2D eigenvalue weighted by atomic mass is 32.2. The number of hydrogen-bond acceptors (Lipinski definition) is 6. The molecule has 1 aromatic carbocycles. The maximum atomic E-state index is 12.3. The number of carbonyl (C=O) groups excluding carboxylic acids is 1. The summed E-state index contributed by atoms with van der Waals surface area (Å²) < 4.78 is 1.49. The van der Waals surface area contributed by atoms with Crippen molar-refractivity contribution < 1.29 is 9.72 Å². The van der Waals surface area contributed by atoms with Crippen molar-refractivity contribution in [2.75, 3.05) is 11.1 Å². The molecule has 2 aromatic rings. The molecule has 1 amide bonds. The number of aryl methyl sites for hydroxylation is 1. The Morgan fingerprint density at radius 2 is 2.15 bits per heavy atom. The van der Waals surface area contributed by atoms with E-state index in [1.165, 1.54) is 10.6 Å². The minimum Gasteiger partial charge on any atom is -0.319 e. The van der Waals surface area contributed by atoms with Crippen molar-refractivity contribution in [2.24, 2.45) is 0 Å². The van der Waals surface area contributed by atoms with Crippen molar-refractivity contribution in [1.82, 2.24) is 14.8 Å². The molecule has 0 atom stereocenters. The maximum Gasteiger partial charge on any atom is 0.343 e. The SMILES string of the molecule is CCCCn1c(SCC(=O)Nc2c([N+](=O)[O-])ccc(C)c2C)n[nH]c1=O. The van der Waals surface area contributed by atoms with Crippen LogP contribution in [0.2, 0.25) is 0 Å². The molecule has 26 heavy (non-hydrogen) atoms. The predicted molar refractivity (Wildman–Crippen MR) is 99.7 cm³/mol. The van der Waals surface area contributed by atoms with E-state index in [-0.39, 0.29) is 22.8 Å². The third kappa shape index (κ3) is 4.51. The van der Waals surface area contributed by atoms with Gasteiger partial charge in [-0.1, -0.05) is 31.2 Å². The van der Waals surface area contributed by atoms with Gasteiger partial charge in [0.25, 0.3) is 5.69 Å². The number of aromatic amines is 1. The Morgan fingerprint density at radius 3 is 2.81 bits per heavy atom. The van der Waals surface area contributed by atoms with E-state index in [2.05, 4.69) is 15.5 Å². The average Bonchev–Trinajstić information content (AvgIpc) is 2.95. The van der Waals surface area contributed by atoms with Gasteiger partial charge >= 0.3 is 5.69 Å². The molecule has 9 nitrogen and oxygen atoms in total. The Bertz CT molecular complexity index is 874. The molecular formula is C16H21N5O4S. The van der Waals surface area contributed by atoms with Crippen LogP contribution in [-0.4, -0.2) is 31.3 Å². The van der Waals surface area contributed by atoms with Gasteiger partial charge in [0.05, 0.1) is 10.7 Å². The second-order valence-corrected chi connectivity index (χ2v) is 6.75. The second kappa shape index (κ2) is 8.65. The van der Waals surface area contributed by atoms with Crippen molar-refractivity contribution in [2.45, 2.75) is 45.3 Å². The van der Waals surface area contributed by atoms with E-state index in [1.807, 2.05) is 13.8 Å². The molecule has 2 N–H and O–H groups in total.